The SMILES string of the molecule is COc1ccc(CCNC(=O)c2ccc3c(c2)n(CCC(=O)O)c(=O)n3Cc2cccc3ccccc23)cc1O. The zero-order chi connectivity index (χ0) is 28.2. The lowest BCUT2D eigenvalue weighted by Crippen LogP contribution is -2.26. The number of aliphatic carboxylic acids is 1. The molecule has 1 amide bonds. The Kier molecular flexibility index (Phi) is 7.54. The summed E-state index contributed by atoms with van der Waals surface area (Å²) in [6.07, 6.45) is 0.273. The number of hydrogen-bond donors (Lipinski definition) is 3. The summed E-state index contributed by atoms with van der Waals surface area (Å²) in [6.45, 7) is 0.618. The van der Waals surface area contributed by atoms with Gasteiger partial charge >= 0.3 is 11.7 Å². The van der Waals surface area contributed by atoms with Gasteiger partial charge in [0.15, 0.2) is 11.5 Å². The number of imidazole rings is 1. The molecular formula is C31H29N3O6. The molecule has 0 bridgehead atoms. The summed E-state index contributed by atoms with van der Waals surface area (Å²) in [4.78, 5) is 37.8. The van der Waals surface area contributed by atoms with Crippen molar-refractivity contribution in [3.63, 3.8) is 0 Å². The molecule has 0 aliphatic carbocycles. The molecule has 4 aromatic carbocycles. The lowest BCUT2D eigenvalue weighted by atomic mass is 10.0. The standard InChI is InChI=1S/C31H29N3O6/c1-40-28-12-9-20(17-27(28)35)13-15-32-30(38)22-10-11-25-26(18-22)33(16-14-29(36)37)31(39)34(25)19-23-7-4-6-21-5-2-3-8-24(21)23/h2-12,17-18,35H,13-16,19H2,1H3,(H,32,38)(H,36,37). The molecule has 0 atom stereocenters. The maximum absolute atomic E-state index is 13.5. The number of fused-ring (bicyclic) bond motifs is 2. The normalized spacial score (nSPS) is 11.1. The van der Waals surface area contributed by atoms with Gasteiger partial charge in [-0.15, -0.1) is 0 Å². The van der Waals surface area contributed by atoms with Crippen molar-refractivity contribution in [1.29, 1.82) is 0 Å². The molecule has 9 nitrogen and oxygen atoms in total. The molecule has 0 saturated carbocycles. The average Bonchev–Trinajstić information content (AvgIpc) is 3.21. The highest BCUT2D eigenvalue weighted by atomic mass is 16.5. The van der Waals surface area contributed by atoms with E-state index in [1.165, 1.54) is 11.7 Å². The fraction of sp³-hybridized carbons (Fsp3) is 0.194. The number of aromatic nitrogens is 2. The minimum Gasteiger partial charge on any atom is -0.504 e. The number of aromatic hydroxyl groups is 1. The monoisotopic (exact) mass is 539 g/mol. The molecule has 1 aromatic heterocycles. The van der Waals surface area contributed by atoms with Gasteiger partial charge in [0.05, 0.1) is 31.1 Å². The van der Waals surface area contributed by atoms with Crippen LogP contribution < -0.4 is 15.7 Å². The van der Waals surface area contributed by atoms with Crippen molar-refractivity contribution in [2.75, 3.05) is 13.7 Å². The zero-order valence-electron chi connectivity index (χ0n) is 22.0. The number of phenols is 1. The predicted molar refractivity (Wildman–Crippen MR) is 152 cm³/mol. The van der Waals surface area contributed by atoms with Crippen LogP contribution >= 0.6 is 0 Å². The zero-order valence-corrected chi connectivity index (χ0v) is 22.0. The molecule has 0 fully saturated rings. The maximum atomic E-state index is 13.5. The van der Waals surface area contributed by atoms with Crippen molar-refractivity contribution in [2.24, 2.45) is 0 Å². The van der Waals surface area contributed by atoms with Gasteiger partial charge in [-0.3, -0.25) is 18.7 Å². The van der Waals surface area contributed by atoms with Gasteiger partial charge in [0, 0.05) is 18.7 Å². The third-order valence-corrected chi connectivity index (χ3v) is 6.98. The minimum absolute atomic E-state index is 0.0146. The Morgan fingerprint density at radius 2 is 1.73 bits per heavy atom. The van der Waals surface area contributed by atoms with Gasteiger partial charge in [0.1, 0.15) is 0 Å². The van der Waals surface area contributed by atoms with E-state index in [1.54, 1.807) is 34.9 Å². The Balaban J connectivity index is 1.42. The summed E-state index contributed by atoms with van der Waals surface area (Å²) in [5.74, 6) is -0.925. The Bertz CT molecular complexity index is 1780. The van der Waals surface area contributed by atoms with Gasteiger partial charge in [-0.2, -0.15) is 0 Å². The number of hydrogen-bond acceptors (Lipinski definition) is 5. The lowest BCUT2D eigenvalue weighted by Gasteiger charge is -2.09. The van der Waals surface area contributed by atoms with Crippen molar-refractivity contribution in [3.8, 4) is 11.5 Å². The molecule has 5 rings (SSSR count). The van der Waals surface area contributed by atoms with Gasteiger partial charge in [0.2, 0.25) is 0 Å². The number of carboxylic acid groups (broad SMARTS) is 1. The number of carbonyl (C=O) groups excluding carboxylic acids is 1. The van der Waals surface area contributed by atoms with Crippen LogP contribution in [0.15, 0.2) is 83.7 Å². The molecule has 0 aliphatic rings. The molecule has 0 unspecified atom stereocenters. The summed E-state index contributed by atoms with van der Waals surface area (Å²) in [6, 6.07) is 24.0. The molecule has 0 aliphatic heterocycles. The predicted octanol–water partition coefficient (Wildman–Crippen LogP) is 4.17. The highest BCUT2D eigenvalue weighted by molar-refractivity contribution is 5.97. The van der Waals surface area contributed by atoms with Crippen LogP contribution in [0.5, 0.6) is 11.5 Å². The van der Waals surface area contributed by atoms with Gasteiger partial charge < -0.3 is 20.3 Å². The molecule has 204 valence electrons. The first-order valence-electron chi connectivity index (χ1n) is 12.9. The van der Waals surface area contributed by atoms with Crippen LogP contribution in [-0.2, 0) is 24.3 Å². The number of amides is 1. The number of rotatable bonds is 10. The fourth-order valence-electron chi connectivity index (χ4n) is 4.95. The molecule has 0 radical (unpaired) electrons. The molecule has 3 N–H and O–H groups in total. The van der Waals surface area contributed by atoms with Crippen LogP contribution in [-0.4, -0.2) is 44.9 Å². The quantitative estimate of drug-likeness (QED) is 0.245. The minimum atomic E-state index is -1.01. The van der Waals surface area contributed by atoms with Crippen molar-refractivity contribution in [2.45, 2.75) is 25.9 Å². The Morgan fingerprint density at radius 1 is 0.925 bits per heavy atom. The van der Waals surface area contributed by atoms with Crippen molar-refractivity contribution in [1.82, 2.24) is 14.5 Å². The third kappa shape index (κ3) is 5.40. The van der Waals surface area contributed by atoms with E-state index in [2.05, 4.69) is 5.32 Å². The smallest absolute Gasteiger partial charge is 0.329 e. The molecule has 1 heterocycles. The van der Waals surface area contributed by atoms with Crippen LogP contribution in [0.1, 0.15) is 27.9 Å². The van der Waals surface area contributed by atoms with E-state index in [0.29, 0.717) is 41.9 Å². The first-order valence-corrected chi connectivity index (χ1v) is 12.9. The van der Waals surface area contributed by atoms with E-state index in [9.17, 15) is 24.6 Å². The van der Waals surface area contributed by atoms with Crippen LogP contribution in [0.2, 0.25) is 0 Å². The number of methoxy groups -OCH3 is 1. The second-order valence-electron chi connectivity index (χ2n) is 9.52. The molecule has 0 spiro atoms. The molecular weight excluding hydrogens is 510 g/mol. The van der Waals surface area contributed by atoms with E-state index >= 15 is 0 Å². The summed E-state index contributed by atoms with van der Waals surface area (Å²) >= 11 is 0. The van der Waals surface area contributed by atoms with E-state index in [4.69, 9.17) is 4.74 Å². The molecule has 9 heteroatoms. The molecule has 5 aromatic rings. The Morgan fingerprint density at radius 3 is 2.50 bits per heavy atom. The van der Waals surface area contributed by atoms with Crippen molar-refractivity contribution < 1.29 is 24.5 Å². The number of carbonyl (C=O) groups is 2. The van der Waals surface area contributed by atoms with Gasteiger partial charge in [-0.1, -0.05) is 48.5 Å². The number of nitrogens with one attached hydrogen (secondary N) is 1. The lowest BCUT2D eigenvalue weighted by molar-refractivity contribution is -0.137. The summed E-state index contributed by atoms with van der Waals surface area (Å²) < 4.78 is 8.10. The van der Waals surface area contributed by atoms with Crippen LogP contribution in [0, 0.1) is 0 Å². The summed E-state index contributed by atoms with van der Waals surface area (Å²) in [7, 11) is 1.48. The number of carboxylic acids is 1. The highest BCUT2D eigenvalue weighted by Gasteiger charge is 2.17. The van der Waals surface area contributed by atoms with Gasteiger partial charge in [-0.25, -0.2) is 4.79 Å². The van der Waals surface area contributed by atoms with Crippen LogP contribution in [0.3, 0.4) is 0 Å². The van der Waals surface area contributed by atoms with Gasteiger partial charge in [-0.05, 0) is 58.7 Å². The number of ether oxygens (including phenoxy) is 1. The average molecular weight is 540 g/mol. The van der Waals surface area contributed by atoms with E-state index in [0.717, 1.165) is 21.9 Å². The molecule has 40 heavy (non-hydrogen) atoms. The highest BCUT2D eigenvalue weighted by Crippen LogP contribution is 2.26. The van der Waals surface area contributed by atoms with E-state index < -0.39 is 5.97 Å². The van der Waals surface area contributed by atoms with Crippen molar-refractivity contribution in [3.05, 3.63) is 106 Å². The van der Waals surface area contributed by atoms with Gasteiger partial charge in [0.25, 0.3) is 5.91 Å². The number of aryl methyl sites for hydroxylation is 1. The van der Waals surface area contributed by atoms with Crippen molar-refractivity contribution >= 4 is 33.7 Å². The number of nitrogens with zero attached hydrogens (tertiary/aromatic N) is 2. The second kappa shape index (κ2) is 11.4. The number of phenolic OH excluding ortho intramolecular Hbond substituents is 1. The Labute approximate surface area is 229 Å². The maximum Gasteiger partial charge on any atom is 0.329 e. The van der Waals surface area contributed by atoms with Crippen LogP contribution in [0.4, 0.5) is 0 Å². The summed E-state index contributed by atoms with van der Waals surface area (Å²) in [5, 5.41) is 24.2. The van der Waals surface area contributed by atoms with Crippen LogP contribution in [0.25, 0.3) is 21.8 Å². The van der Waals surface area contributed by atoms with E-state index in [1.807, 2.05) is 48.5 Å². The first kappa shape index (κ1) is 26.6. The number of benzene rings is 4. The third-order valence-electron chi connectivity index (χ3n) is 6.98. The Hall–Kier alpha value is -5.05. The fourth-order valence-corrected chi connectivity index (χ4v) is 4.95. The molecule has 0 saturated heterocycles. The first-order chi connectivity index (χ1) is 19.4. The second-order valence-corrected chi connectivity index (χ2v) is 9.52. The topological polar surface area (TPSA) is 123 Å². The summed E-state index contributed by atoms with van der Waals surface area (Å²) in [5.41, 5.74) is 2.94. The van der Waals surface area contributed by atoms with E-state index in [-0.39, 0.29) is 30.3 Å². The largest absolute Gasteiger partial charge is 0.504 e.